The molecule has 0 aliphatic carbocycles. The van der Waals surface area contributed by atoms with Gasteiger partial charge in [-0.25, -0.2) is 4.98 Å². The van der Waals surface area contributed by atoms with Crippen LogP contribution in [0.5, 0.6) is 0 Å². The van der Waals surface area contributed by atoms with Crippen molar-refractivity contribution in [2.45, 2.75) is 38.4 Å². The zero-order valence-corrected chi connectivity index (χ0v) is 21.0. The topological polar surface area (TPSA) is 55.8 Å². The standard InChI is InChI=1S/C20H30ClF3N6.HI/c1-3-6-29-7-4-14(12-29)10-27-19(25-2)28-16-5-8-30(13-16)18-17(21)9-15(11-26-18)20(22,23)24;/h9,11,14,16H,3-8,10,12-13H2,1-2H3,(H2,25,27,28);1H. The van der Waals surface area contributed by atoms with E-state index in [0.717, 1.165) is 50.8 Å². The Bertz CT molecular complexity index is 748. The van der Waals surface area contributed by atoms with E-state index in [4.69, 9.17) is 11.6 Å². The highest BCUT2D eigenvalue weighted by Crippen LogP contribution is 2.34. The summed E-state index contributed by atoms with van der Waals surface area (Å²) in [5, 5.41) is 6.85. The Kier molecular flexibility index (Phi) is 9.94. The highest BCUT2D eigenvalue weighted by Gasteiger charge is 2.33. The molecule has 6 nitrogen and oxygen atoms in total. The number of hydrogen-bond donors (Lipinski definition) is 2. The van der Waals surface area contributed by atoms with Crippen LogP contribution in [0.25, 0.3) is 0 Å². The number of likely N-dealkylation sites (tertiary alicyclic amines) is 1. The summed E-state index contributed by atoms with van der Waals surface area (Å²) in [7, 11) is 1.74. The lowest BCUT2D eigenvalue weighted by atomic mass is 10.1. The summed E-state index contributed by atoms with van der Waals surface area (Å²) in [6.45, 7) is 7.78. The van der Waals surface area contributed by atoms with Crippen LogP contribution >= 0.6 is 35.6 Å². The molecule has 0 spiro atoms. The molecule has 2 unspecified atom stereocenters. The zero-order valence-electron chi connectivity index (χ0n) is 17.9. The first-order valence-corrected chi connectivity index (χ1v) is 10.8. The minimum Gasteiger partial charge on any atom is -0.356 e. The second kappa shape index (κ2) is 11.7. The number of aliphatic imine (C=N–C) groups is 1. The van der Waals surface area contributed by atoms with Gasteiger partial charge in [0.1, 0.15) is 5.82 Å². The van der Waals surface area contributed by atoms with Gasteiger partial charge in [-0.3, -0.25) is 4.99 Å². The molecular weight excluding hydrogens is 544 g/mol. The summed E-state index contributed by atoms with van der Waals surface area (Å²) < 4.78 is 38.5. The quantitative estimate of drug-likeness (QED) is 0.307. The van der Waals surface area contributed by atoms with Gasteiger partial charge < -0.3 is 20.4 Å². The molecule has 31 heavy (non-hydrogen) atoms. The van der Waals surface area contributed by atoms with E-state index in [0.29, 0.717) is 24.8 Å². The Morgan fingerprint density at radius 2 is 2.06 bits per heavy atom. The summed E-state index contributed by atoms with van der Waals surface area (Å²) in [5.41, 5.74) is -0.834. The van der Waals surface area contributed by atoms with Crippen molar-refractivity contribution >= 4 is 47.4 Å². The molecule has 3 heterocycles. The van der Waals surface area contributed by atoms with Crippen LogP contribution in [0.15, 0.2) is 17.3 Å². The number of nitrogens with one attached hydrogen (secondary N) is 2. The molecule has 2 aliphatic rings. The van der Waals surface area contributed by atoms with Crippen molar-refractivity contribution in [1.29, 1.82) is 0 Å². The maximum Gasteiger partial charge on any atom is 0.417 e. The molecule has 2 N–H and O–H groups in total. The molecule has 176 valence electrons. The highest BCUT2D eigenvalue weighted by atomic mass is 127. The predicted octanol–water partition coefficient (Wildman–Crippen LogP) is 3.85. The van der Waals surface area contributed by atoms with Gasteiger partial charge in [-0.15, -0.1) is 24.0 Å². The van der Waals surface area contributed by atoms with Gasteiger partial charge >= 0.3 is 6.18 Å². The Balaban J connectivity index is 0.00000341. The largest absolute Gasteiger partial charge is 0.417 e. The molecule has 1 aromatic heterocycles. The van der Waals surface area contributed by atoms with E-state index in [1.54, 1.807) is 7.05 Å². The van der Waals surface area contributed by atoms with Crippen LogP contribution in [0.2, 0.25) is 5.02 Å². The maximum atomic E-state index is 12.8. The van der Waals surface area contributed by atoms with E-state index in [1.807, 2.05) is 4.90 Å². The smallest absolute Gasteiger partial charge is 0.356 e. The van der Waals surface area contributed by atoms with Crippen molar-refractivity contribution in [2.75, 3.05) is 51.2 Å². The number of hydrogen-bond acceptors (Lipinski definition) is 4. The molecular formula is C20H31ClF3IN6. The van der Waals surface area contributed by atoms with Gasteiger partial charge in [0.25, 0.3) is 0 Å². The minimum atomic E-state index is -4.45. The van der Waals surface area contributed by atoms with Gasteiger partial charge in [-0.05, 0) is 44.3 Å². The Labute approximate surface area is 204 Å². The second-order valence-electron chi connectivity index (χ2n) is 8.01. The van der Waals surface area contributed by atoms with Gasteiger partial charge in [-0.1, -0.05) is 18.5 Å². The molecule has 2 atom stereocenters. The van der Waals surface area contributed by atoms with Crippen LogP contribution < -0.4 is 15.5 Å². The second-order valence-corrected chi connectivity index (χ2v) is 8.42. The lowest BCUT2D eigenvalue weighted by Gasteiger charge is -2.21. The van der Waals surface area contributed by atoms with Crippen molar-refractivity contribution < 1.29 is 13.2 Å². The zero-order chi connectivity index (χ0) is 21.7. The Morgan fingerprint density at radius 3 is 2.71 bits per heavy atom. The van der Waals surface area contributed by atoms with Gasteiger partial charge in [0, 0.05) is 45.5 Å². The van der Waals surface area contributed by atoms with Gasteiger partial charge in [-0.2, -0.15) is 13.2 Å². The first-order chi connectivity index (χ1) is 14.3. The molecule has 0 bridgehead atoms. The molecule has 2 aliphatic heterocycles. The first kappa shape index (κ1) is 26.2. The third-order valence-electron chi connectivity index (χ3n) is 5.67. The van der Waals surface area contributed by atoms with Crippen LogP contribution in [0.1, 0.15) is 31.7 Å². The Morgan fingerprint density at radius 1 is 1.29 bits per heavy atom. The molecule has 0 radical (unpaired) electrons. The third-order valence-corrected chi connectivity index (χ3v) is 5.95. The molecule has 2 saturated heterocycles. The molecule has 11 heteroatoms. The third kappa shape index (κ3) is 7.24. The average Bonchev–Trinajstić information content (AvgIpc) is 3.34. The molecule has 3 rings (SSSR count). The van der Waals surface area contributed by atoms with Crippen LogP contribution in [0.4, 0.5) is 19.0 Å². The number of halogens is 5. The van der Waals surface area contributed by atoms with Crippen molar-refractivity contribution in [3.63, 3.8) is 0 Å². The lowest BCUT2D eigenvalue weighted by molar-refractivity contribution is -0.137. The number of aromatic nitrogens is 1. The first-order valence-electron chi connectivity index (χ1n) is 10.5. The normalized spacial score (nSPS) is 22.5. The summed E-state index contributed by atoms with van der Waals surface area (Å²) >= 11 is 6.09. The Hall–Kier alpha value is -1.01. The number of anilines is 1. The predicted molar refractivity (Wildman–Crippen MR) is 130 cm³/mol. The van der Waals surface area contributed by atoms with Gasteiger partial charge in [0.2, 0.25) is 0 Å². The summed E-state index contributed by atoms with van der Waals surface area (Å²) in [6, 6.07) is 1.06. The molecule has 0 aromatic carbocycles. The average molecular weight is 575 g/mol. The van der Waals surface area contributed by atoms with Gasteiger partial charge in [0.15, 0.2) is 5.96 Å². The molecule has 2 fully saturated rings. The SMILES string of the molecule is CCCN1CCC(CNC(=NC)NC2CCN(c3ncc(C(F)(F)F)cc3Cl)C2)C1.I. The number of pyridine rings is 1. The maximum absolute atomic E-state index is 12.8. The minimum absolute atomic E-state index is 0. The fourth-order valence-electron chi connectivity index (χ4n) is 4.12. The van der Waals surface area contributed by atoms with E-state index in [9.17, 15) is 13.2 Å². The van der Waals surface area contributed by atoms with Crippen LogP contribution in [-0.2, 0) is 6.18 Å². The fraction of sp³-hybridized carbons (Fsp3) is 0.700. The summed E-state index contributed by atoms with van der Waals surface area (Å²) in [4.78, 5) is 12.7. The van der Waals surface area contributed by atoms with Crippen molar-refractivity contribution in [3.8, 4) is 0 Å². The number of rotatable bonds is 6. The molecule has 0 saturated carbocycles. The van der Waals surface area contributed by atoms with E-state index >= 15 is 0 Å². The summed E-state index contributed by atoms with van der Waals surface area (Å²) in [6.07, 6.45) is -0.409. The molecule has 0 amide bonds. The van der Waals surface area contributed by atoms with Crippen LogP contribution in [-0.4, -0.2) is 68.2 Å². The van der Waals surface area contributed by atoms with Crippen LogP contribution in [0.3, 0.4) is 0 Å². The highest BCUT2D eigenvalue weighted by molar-refractivity contribution is 14.0. The number of alkyl halides is 3. The van der Waals surface area contributed by atoms with E-state index in [-0.39, 0.29) is 35.0 Å². The van der Waals surface area contributed by atoms with Crippen molar-refractivity contribution in [1.82, 2.24) is 20.5 Å². The van der Waals surface area contributed by atoms with E-state index in [1.165, 1.54) is 12.8 Å². The molecule has 1 aromatic rings. The van der Waals surface area contributed by atoms with E-state index < -0.39 is 11.7 Å². The van der Waals surface area contributed by atoms with Crippen molar-refractivity contribution in [2.24, 2.45) is 10.9 Å². The lowest BCUT2D eigenvalue weighted by Crippen LogP contribution is -2.46. The summed E-state index contributed by atoms with van der Waals surface area (Å²) in [5.74, 6) is 1.76. The fourth-order valence-corrected chi connectivity index (χ4v) is 4.40. The number of guanidine groups is 1. The van der Waals surface area contributed by atoms with E-state index in [2.05, 4.69) is 32.4 Å². The monoisotopic (exact) mass is 574 g/mol. The van der Waals surface area contributed by atoms with Crippen LogP contribution in [0, 0.1) is 5.92 Å². The van der Waals surface area contributed by atoms with Crippen molar-refractivity contribution in [3.05, 3.63) is 22.8 Å². The van der Waals surface area contributed by atoms with Gasteiger partial charge in [0.05, 0.1) is 10.6 Å². The number of nitrogens with zero attached hydrogens (tertiary/aromatic N) is 4.